The molecule has 0 unspecified atom stereocenters. The fraction of sp³-hybridized carbons (Fsp3) is 0.455. The Bertz CT molecular complexity index is 780. The van der Waals surface area contributed by atoms with Crippen LogP contribution in [0.1, 0.15) is 57.1 Å². The van der Waals surface area contributed by atoms with Gasteiger partial charge in [-0.05, 0) is 66.0 Å². The van der Waals surface area contributed by atoms with Gasteiger partial charge in [-0.1, -0.05) is 33.3 Å². The van der Waals surface area contributed by atoms with E-state index >= 15 is 4.39 Å². The molecule has 0 aromatic heterocycles. The molecule has 3 rings (SSSR count). The van der Waals surface area contributed by atoms with Crippen molar-refractivity contribution in [3.05, 3.63) is 53.1 Å². The van der Waals surface area contributed by atoms with Gasteiger partial charge in [0.15, 0.2) is 0 Å². The van der Waals surface area contributed by atoms with Crippen molar-refractivity contribution in [1.82, 2.24) is 0 Å². The molecule has 1 aliphatic rings. The molecule has 2 aromatic carbocycles. The predicted molar refractivity (Wildman–Crippen MR) is 98.1 cm³/mol. The quantitative estimate of drug-likeness (QED) is 0.615. The van der Waals surface area contributed by atoms with E-state index in [4.69, 9.17) is 4.74 Å². The fourth-order valence-corrected chi connectivity index (χ4v) is 4.18. The summed E-state index contributed by atoms with van der Waals surface area (Å²) in [5, 5.41) is 0. The van der Waals surface area contributed by atoms with Crippen LogP contribution in [0.15, 0.2) is 30.3 Å². The van der Waals surface area contributed by atoms with E-state index in [1.807, 2.05) is 6.92 Å². The second-order valence-corrected chi connectivity index (χ2v) is 7.67. The Kier molecular flexibility index (Phi) is 4.86. The molecule has 1 saturated carbocycles. The fourth-order valence-electron chi connectivity index (χ4n) is 4.18. The van der Waals surface area contributed by atoms with Crippen LogP contribution in [-0.2, 0) is 6.42 Å². The van der Waals surface area contributed by atoms with E-state index < -0.39 is 5.82 Å². The van der Waals surface area contributed by atoms with Crippen LogP contribution in [0.5, 0.6) is 5.75 Å². The molecule has 0 aliphatic heterocycles. The van der Waals surface area contributed by atoms with Gasteiger partial charge in [-0.2, -0.15) is 0 Å². The zero-order valence-electron chi connectivity index (χ0n) is 15.5. The number of benzene rings is 2. The van der Waals surface area contributed by atoms with E-state index in [1.165, 1.54) is 13.2 Å². The van der Waals surface area contributed by atoms with Crippen LogP contribution in [0.2, 0.25) is 0 Å². The average molecular weight is 344 g/mol. The van der Waals surface area contributed by atoms with Crippen LogP contribution in [0.25, 0.3) is 11.1 Å². The zero-order valence-corrected chi connectivity index (χ0v) is 15.5. The third-order valence-electron chi connectivity index (χ3n) is 5.66. The van der Waals surface area contributed by atoms with Crippen molar-refractivity contribution in [2.75, 3.05) is 7.11 Å². The molecule has 1 atom stereocenters. The molecule has 0 N–H and O–H groups in total. The lowest BCUT2D eigenvalue weighted by atomic mass is 9.75. The standard InChI is InChI=1S/C22H26F2O/c1-5-14-11-16(18-7-6-10-22(18,2)3)21(20(24)12-14)17-13-15(25-4)8-9-19(17)23/h8-9,11-13,18H,5-7,10H2,1-4H3/t18-/m1/s1. The highest BCUT2D eigenvalue weighted by atomic mass is 19.1. The highest BCUT2D eigenvalue weighted by Gasteiger charge is 2.37. The summed E-state index contributed by atoms with van der Waals surface area (Å²) < 4.78 is 34.9. The van der Waals surface area contributed by atoms with Gasteiger partial charge in [-0.15, -0.1) is 0 Å². The molecule has 2 aromatic rings. The van der Waals surface area contributed by atoms with Gasteiger partial charge in [-0.3, -0.25) is 0 Å². The smallest absolute Gasteiger partial charge is 0.131 e. The molecule has 1 fully saturated rings. The Balaban J connectivity index is 2.26. The van der Waals surface area contributed by atoms with Gasteiger partial charge < -0.3 is 4.74 Å². The molecule has 0 amide bonds. The van der Waals surface area contributed by atoms with E-state index in [9.17, 15) is 4.39 Å². The number of rotatable bonds is 4. The summed E-state index contributed by atoms with van der Waals surface area (Å²) in [7, 11) is 1.54. The Labute approximate surface area is 149 Å². The lowest BCUT2D eigenvalue weighted by Crippen LogP contribution is -2.17. The number of aryl methyl sites for hydroxylation is 1. The molecule has 0 saturated heterocycles. The van der Waals surface area contributed by atoms with Gasteiger partial charge in [0.05, 0.1) is 7.11 Å². The molecule has 0 spiro atoms. The number of hydrogen-bond acceptors (Lipinski definition) is 1. The van der Waals surface area contributed by atoms with Gasteiger partial charge in [0.1, 0.15) is 17.4 Å². The number of ether oxygens (including phenoxy) is 1. The van der Waals surface area contributed by atoms with Crippen molar-refractivity contribution in [3.8, 4) is 16.9 Å². The summed E-state index contributed by atoms with van der Waals surface area (Å²) >= 11 is 0. The summed E-state index contributed by atoms with van der Waals surface area (Å²) in [6, 6.07) is 8.14. The van der Waals surface area contributed by atoms with Crippen LogP contribution in [-0.4, -0.2) is 7.11 Å². The minimum absolute atomic E-state index is 0.0862. The van der Waals surface area contributed by atoms with E-state index in [1.54, 1.807) is 18.2 Å². The molecule has 0 bridgehead atoms. The predicted octanol–water partition coefficient (Wildman–Crippen LogP) is 6.50. The maximum absolute atomic E-state index is 15.1. The minimum atomic E-state index is -0.416. The third-order valence-corrected chi connectivity index (χ3v) is 5.66. The normalized spacial score (nSPS) is 19.2. The van der Waals surface area contributed by atoms with Crippen molar-refractivity contribution >= 4 is 0 Å². The third kappa shape index (κ3) is 3.29. The summed E-state index contributed by atoms with van der Waals surface area (Å²) in [4.78, 5) is 0. The summed E-state index contributed by atoms with van der Waals surface area (Å²) in [5.41, 5.74) is 2.67. The van der Waals surface area contributed by atoms with E-state index in [2.05, 4.69) is 19.9 Å². The largest absolute Gasteiger partial charge is 0.497 e. The highest BCUT2D eigenvalue weighted by molar-refractivity contribution is 5.71. The lowest BCUT2D eigenvalue weighted by Gasteiger charge is -2.30. The van der Waals surface area contributed by atoms with Crippen molar-refractivity contribution in [1.29, 1.82) is 0 Å². The zero-order chi connectivity index (χ0) is 18.2. The molecule has 0 heterocycles. The van der Waals surface area contributed by atoms with Crippen molar-refractivity contribution in [2.45, 2.75) is 52.4 Å². The van der Waals surface area contributed by atoms with Gasteiger partial charge in [0, 0.05) is 11.1 Å². The average Bonchev–Trinajstić information content (AvgIpc) is 2.94. The molecular weight excluding hydrogens is 318 g/mol. The van der Waals surface area contributed by atoms with Crippen LogP contribution < -0.4 is 4.74 Å². The molecule has 134 valence electrons. The van der Waals surface area contributed by atoms with Gasteiger partial charge in [0.25, 0.3) is 0 Å². The van der Waals surface area contributed by atoms with Crippen molar-refractivity contribution < 1.29 is 13.5 Å². The lowest BCUT2D eigenvalue weighted by molar-refractivity contribution is 0.332. The highest BCUT2D eigenvalue weighted by Crippen LogP contribution is 2.52. The first-order chi connectivity index (χ1) is 11.9. The monoisotopic (exact) mass is 344 g/mol. The van der Waals surface area contributed by atoms with E-state index in [0.29, 0.717) is 11.3 Å². The van der Waals surface area contributed by atoms with Crippen molar-refractivity contribution in [2.24, 2.45) is 5.41 Å². The number of methoxy groups -OCH3 is 1. The Morgan fingerprint density at radius 2 is 1.88 bits per heavy atom. The number of halogens is 2. The molecular formula is C22H26F2O. The molecule has 1 aliphatic carbocycles. The van der Waals surface area contributed by atoms with Gasteiger partial charge >= 0.3 is 0 Å². The Morgan fingerprint density at radius 1 is 1.12 bits per heavy atom. The van der Waals surface area contributed by atoms with Crippen LogP contribution >= 0.6 is 0 Å². The summed E-state index contributed by atoms with van der Waals surface area (Å²) in [5.74, 6) is 0.00584. The summed E-state index contributed by atoms with van der Waals surface area (Å²) in [6.07, 6.45) is 4.00. The minimum Gasteiger partial charge on any atom is -0.497 e. The van der Waals surface area contributed by atoms with E-state index in [0.717, 1.165) is 36.8 Å². The van der Waals surface area contributed by atoms with Crippen LogP contribution in [0.4, 0.5) is 8.78 Å². The second-order valence-electron chi connectivity index (χ2n) is 7.67. The first-order valence-electron chi connectivity index (χ1n) is 9.03. The summed E-state index contributed by atoms with van der Waals surface area (Å²) in [6.45, 7) is 6.48. The van der Waals surface area contributed by atoms with E-state index in [-0.39, 0.29) is 22.7 Å². The molecule has 25 heavy (non-hydrogen) atoms. The SMILES string of the molecule is CCc1cc(F)c(-c2cc(OC)ccc2F)c([C@H]2CCCC2(C)C)c1. The maximum atomic E-state index is 15.1. The molecule has 3 heteroatoms. The van der Waals surface area contributed by atoms with Crippen LogP contribution in [0, 0.1) is 17.0 Å². The van der Waals surface area contributed by atoms with Crippen LogP contribution in [0.3, 0.4) is 0 Å². The Morgan fingerprint density at radius 3 is 2.48 bits per heavy atom. The second kappa shape index (κ2) is 6.78. The van der Waals surface area contributed by atoms with Gasteiger partial charge in [0.2, 0.25) is 0 Å². The Hall–Kier alpha value is -1.90. The topological polar surface area (TPSA) is 9.23 Å². The van der Waals surface area contributed by atoms with Gasteiger partial charge in [-0.25, -0.2) is 8.78 Å². The first-order valence-corrected chi connectivity index (χ1v) is 9.03. The maximum Gasteiger partial charge on any atom is 0.131 e. The number of hydrogen-bond donors (Lipinski definition) is 0. The molecule has 0 radical (unpaired) electrons. The van der Waals surface area contributed by atoms with Crippen molar-refractivity contribution in [3.63, 3.8) is 0 Å². The molecule has 1 nitrogen and oxygen atoms in total. The first kappa shape index (κ1) is 17.9.